The van der Waals surface area contributed by atoms with E-state index in [4.69, 9.17) is 19.7 Å². The van der Waals surface area contributed by atoms with E-state index in [1.54, 1.807) is 48.5 Å². The molecule has 58 heavy (non-hydrogen) atoms. The van der Waals surface area contributed by atoms with Gasteiger partial charge in [-0.25, -0.2) is 28.8 Å². The van der Waals surface area contributed by atoms with Crippen molar-refractivity contribution in [2.75, 3.05) is 13.2 Å². The molecular formula is C42H40O16. The van der Waals surface area contributed by atoms with Crippen LogP contribution in [0.25, 0.3) is 0 Å². The summed E-state index contributed by atoms with van der Waals surface area (Å²) in [7, 11) is 0. The van der Waals surface area contributed by atoms with Gasteiger partial charge in [-0.05, 0) is 75.2 Å². The molecule has 0 aliphatic rings. The van der Waals surface area contributed by atoms with Crippen LogP contribution in [0.15, 0.2) is 84.9 Å². The lowest BCUT2D eigenvalue weighted by molar-refractivity contribution is 0.0487. The third kappa shape index (κ3) is 12.5. The van der Waals surface area contributed by atoms with Crippen LogP contribution in [0.1, 0.15) is 122 Å². The van der Waals surface area contributed by atoms with Crippen LogP contribution in [0, 0.1) is 0 Å². The standard InChI is InChI=1S/2C21H20O8/c1-21(2,28)17(22)13-5-3-12(4-6-13)9-10-29-20(27)15-8-7-14(18(23)24)11-16(15)19(25)26;1-21(2,28)17(22)13-5-3-12(4-6-13)9-10-29-20(27)16-11-14(18(23)24)7-8-15(16)19(25)26/h2*3-8,11,28H,9-10H2,1-2H3,(H,23,24)(H,25,26). The molecule has 4 aromatic carbocycles. The molecule has 0 aliphatic heterocycles. The minimum atomic E-state index is -1.48. The Morgan fingerprint density at radius 3 is 1.10 bits per heavy atom. The first kappa shape index (κ1) is 45.4. The number of ether oxygens (including phenoxy) is 2. The summed E-state index contributed by atoms with van der Waals surface area (Å²) in [6.45, 7) is 5.47. The van der Waals surface area contributed by atoms with Gasteiger partial charge in [-0.3, -0.25) is 9.59 Å². The molecule has 4 aromatic rings. The minimum absolute atomic E-state index is 0.0443. The fourth-order valence-corrected chi connectivity index (χ4v) is 5.10. The first-order valence-electron chi connectivity index (χ1n) is 17.3. The number of carbonyl (C=O) groups excluding carboxylic acids is 4. The van der Waals surface area contributed by atoms with Crippen LogP contribution in [-0.2, 0) is 22.3 Å². The second-order valence-corrected chi connectivity index (χ2v) is 13.7. The van der Waals surface area contributed by atoms with Crippen LogP contribution in [0.4, 0.5) is 0 Å². The van der Waals surface area contributed by atoms with Crippen LogP contribution in [0.3, 0.4) is 0 Å². The maximum Gasteiger partial charge on any atom is 0.339 e. The van der Waals surface area contributed by atoms with Crippen molar-refractivity contribution >= 4 is 47.4 Å². The van der Waals surface area contributed by atoms with Crippen molar-refractivity contribution in [3.8, 4) is 0 Å². The largest absolute Gasteiger partial charge is 0.478 e. The lowest BCUT2D eigenvalue weighted by Gasteiger charge is -2.15. The van der Waals surface area contributed by atoms with Gasteiger partial charge in [0.1, 0.15) is 11.2 Å². The van der Waals surface area contributed by atoms with Crippen molar-refractivity contribution in [1.82, 2.24) is 0 Å². The highest BCUT2D eigenvalue weighted by molar-refractivity contribution is 6.06. The van der Waals surface area contributed by atoms with E-state index in [9.17, 15) is 58.8 Å². The predicted octanol–water partition coefficient (Wildman–Crippen LogP) is 4.87. The van der Waals surface area contributed by atoms with Crippen LogP contribution in [0.5, 0.6) is 0 Å². The van der Waals surface area contributed by atoms with Crippen molar-refractivity contribution in [1.29, 1.82) is 0 Å². The molecule has 0 radical (unpaired) electrons. The Morgan fingerprint density at radius 1 is 0.431 bits per heavy atom. The van der Waals surface area contributed by atoms with Crippen molar-refractivity contribution in [2.24, 2.45) is 0 Å². The van der Waals surface area contributed by atoms with E-state index >= 15 is 0 Å². The van der Waals surface area contributed by atoms with Crippen molar-refractivity contribution < 1.29 is 78.5 Å². The summed E-state index contributed by atoms with van der Waals surface area (Å²) < 4.78 is 10.2. The number of esters is 2. The number of hydrogen-bond acceptors (Lipinski definition) is 12. The normalized spacial score (nSPS) is 11.0. The number of aromatic carboxylic acids is 4. The lowest BCUT2D eigenvalue weighted by Crippen LogP contribution is -2.31. The van der Waals surface area contributed by atoms with Crippen LogP contribution >= 0.6 is 0 Å². The van der Waals surface area contributed by atoms with E-state index in [0.29, 0.717) is 24.0 Å². The molecule has 0 bridgehead atoms. The first-order chi connectivity index (χ1) is 27.0. The zero-order valence-electron chi connectivity index (χ0n) is 31.7. The fourth-order valence-electron chi connectivity index (χ4n) is 5.10. The van der Waals surface area contributed by atoms with E-state index in [1.165, 1.54) is 27.7 Å². The predicted molar refractivity (Wildman–Crippen MR) is 203 cm³/mol. The van der Waals surface area contributed by atoms with E-state index in [-0.39, 0.29) is 41.0 Å². The van der Waals surface area contributed by atoms with Crippen molar-refractivity contribution in [2.45, 2.75) is 51.7 Å². The van der Waals surface area contributed by atoms with Gasteiger partial charge in [0.2, 0.25) is 0 Å². The molecule has 16 heteroatoms. The highest BCUT2D eigenvalue weighted by Gasteiger charge is 2.26. The lowest BCUT2D eigenvalue weighted by atomic mass is 9.96. The molecule has 0 unspecified atom stereocenters. The smallest absolute Gasteiger partial charge is 0.339 e. The Hall–Kier alpha value is -7.04. The highest BCUT2D eigenvalue weighted by Crippen LogP contribution is 2.18. The minimum Gasteiger partial charge on any atom is -0.478 e. The number of carboxylic acids is 4. The topological polar surface area (TPSA) is 276 Å². The number of carboxylic acid groups (broad SMARTS) is 4. The van der Waals surface area contributed by atoms with E-state index in [1.807, 2.05) is 0 Å². The SMILES string of the molecule is CC(C)(O)C(=O)c1ccc(CCOC(=O)c2cc(C(=O)O)ccc2C(=O)O)cc1.CC(C)(O)C(=O)c1ccc(CCOC(=O)c2ccc(C(=O)O)cc2C(=O)O)cc1. The summed E-state index contributed by atoms with van der Waals surface area (Å²) >= 11 is 0. The van der Waals surface area contributed by atoms with Crippen LogP contribution in [0.2, 0.25) is 0 Å². The van der Waals surface area contributed by atoms with Gasteiger partial charge in [0.25, 0.3) is 0 Å². The van der Waals surface area contributed by atoms with E-state index in [2.05, 4.69) is 0 Å². The molecule has 6 N–H and O–H groups in total. The molecule has 0 saturated heterocycles. The zero-order valence-corrected chi connectivity index (χ0v) is 31.7. The number of benzene rings is 4. The van der Waals surface area contributed by atoms with Crippen molar-refractivity contribution in [3.05, 3.63) is 141 Å². The summed E-state index contributed by atoms with van der Waals surface area (Å²) in [6, 6.07) is 19.1. The number of aliphatic hydroxyl groups is 2. The van der Waals surface area contributed by atoms with E-state index in [0.717, 1.165) is 47.5 Å². The van der Waals surface area contributed by atoms with Gasteiger partial charge < -0.3 is 40.1 Å². The van der Waals surface area contributed by atoms with E-state index < -0.39 is 64.1 Å². The number of carbonyl (C=O) groups is 8. The third-order valence-corrected chi connectivity index (χ3v) is 8.23. The monoisotopic (exact) mass is 800 g/mol. The van der Waals surface area contributed by atoms with Gasteiger partial charge >= 0.3 is 35.8 Å². The Bertz CT molecular complexity index is 2220. The molecule has 0 saturated carbocycles. The Morgan fingerprint density at radius 2 is 0.759 bits per heavy atom. The first-order valence-corrected chi connectivity index (χ1v) is 17.3. The molecular weight excluding hydrogens is 760 g/mol. The summed E-state index contributed by atoms with van der Waals surface area (Å²) in [6.07, 6.45) is 0.613. The van der Waals surface area contributed by atoms with Crippen LogP contribution < -0.4 is 0 Å². The quantitative estimate of drug-likeness (QED) is 0.0651. The molecule has 0 aromatic heterocycles. The van der Waals surface area contributed by atoms with Gasteiger partial charge in [0, 0.05) is 24.0 Å². The van der Waals surface area contributed by atoms with Gasteiger partial charge in [-0.2, -0.15) is 0 Å². The van der Waals surface area contributed by atoms with Gasteiger partial charge in [-0.15, -0.1) is 0 Å². The zero-order chi connectivity index (χ0) is 43.5. The van der Waals surface area contributed by atoms with Crippen LogP contribution in [-0.4, -0.2) is 102 Å². The maximum atomic E-state index is 12.2. The third-order valence-electron chi connectivity index (χ3n) is 8.23. The molecule has 4 rings (SSSR count). The highest BCUT2D eigenvalue weighted by atomic mass is 16.5. The van der Waals surface area contributed by atoms with Gasteiger partial charge in [-0.1, -0.05) is 48.5 Å². The molecule has 304 valence electrons. The molecule has 0 spiro atoms. The number of Topliss-reactive ketones (excluding diaryl/α,β-unsaturated/α-hetero) is 2. The average Bonchev–Trinajstić information content (AvgIpc) is 3.16. The fraction of sp³-hybridized carbons (Fsp3) is 0.238. The van der Waals surface area contributed by atoms with Gasteiger partial charge in [0.05, 0.1) is 46.6 Å². The summed E-state index contributed by atoms with van der Waals surface area (Å²) in [5.74, 6) is -8.08. The molecule has 0 amide bonds. The molecule has 0 atom stereocenters. The summed E-state index contributed by atoms with van der Waals surface area (Å²) in [4.78, 5) is 93.0. The Balaban J connectivity index is 0.000000310. The second-order valence-electron chi connectivity index (χ2n) is 13.7. The Kier molecular flexibility index (Phi) is 15.0. The molecule has 16 nitrogen and oxygen atoms in total. The second kappa shape index (κ2) is 19.2. The summed E-state index contributed by atoms with van der Waals surface area (Å²) in [5, 5.41) is 55.8. The average molecular weight is 801 g/mol. The van der Waals surface area contributed by atoms with Crippen molar-refractivity contribution in [3.63, 3.8) is 0 Å². The summed E-state index contributed by atoms with van der Waals surface area (Å²) in [5.41, 5.74) is -2.62. The molecule has 0 aliphatic carbocycles. The Labute approximate surface area is 330 Å². The number of hydrogen-bond donors (Lipinski definition) is 6. The number of ketones is 2. The number of rotatable bonds is 16. The molecule has 0 fully saturated rings. The molecule has 0 heterocycles. The van der Waals surface area contributed by atoms with Gasteiger partial charge in [0.15, 0.2) is 11.6 Å². The maximum absolute atomic E-state index is 12.2.